The maximum absolute atomic E-state index is 13.1. The van der Waals surface area contributed by atoms with Gasteiger partial charge in [-0.3, -0.25) is 14.4 Å². The normalized spacial score (nSPS) is 15.6. The van der Waals surface area contributed by atoms with Gasteiger partial charge in [0.2, 0.25) is 10.6 Å². The van der Waals surface area contributed by atoms with Crippen LogP contribution in [0, 0.1) is 0 Å². The molecule has 1 atom stereocenters. The van der Waals surface area contributed by atoms with Crippen molar-refractivity contribution in [3.8, 4) is 16.5 Å². The van der Waals surface area contributed by atoms with Gasteiger partial charge < -0.3 is 9.15 Å². The van der Waals surface area contributed by atoms with Crippen LogP contribution < -0.4 is 14.9 Å². The van der Waals surface area contributed by atoms with Crippen molar-refractivity contribution in [2.75, 3.05) is 0 Å². The molecule has 0 N–H and O–H groups in total. The number of carbonyl (C=O) groups excluding carboxylic acids is 1. The van der Waals surface area contributed by atoms with E-state index in [0.717, 1.165) is 21.4 Å². The Balaban J connectivity index is 1.70. The average Bonchev–Trinajstić information content (AvgIpc) is 2.73. The molecule has 148 valence electrons. The van der Waals surface area contributed by atoms with Crippen molar-refractivity contribution in [3.05, 3.63) is 90.2 Å². The molecule has 0 amide bonds. The SMILES string of the molecule is O=C1CC(c2coc3cc(Br)ccc3c2=O)c2c(nc(-c3ccccc3)sc2=O)O1. The summed E-state index contributed by atoms with van der Waals surface area (Å²) >= 11 is 4.30. The zero-order chi connectivity index (χ0) is 20.8. The second kappa shape index (κ2) is 7.30. The summed E-state index contributed by atoms with van der Waals surface area (Å²) in [6.07, 6.45) is 1.19. The lowest BCUT2D eigenvalue weighted by Crippen LogP contribution is -2.29. The van der Waals surface area contributed by atoms with Crippen LogP contribution >= 0.6 is 27.3 Å². The van der Waals surface area contributed by atoms with E-state index in [1.54, 1.807) is 18.2 Å². The molecule has 0 aliphatic carbocycles. The molecule has 1 aliphatic rings. The van der Waals surface area contributed by atoms with E-state index in [1.165, 1.54) is 6.26 Å². The van der Waals surface area contributed by atoms with Gasteiger partial charge in [0.25, 0.3) is 0 Å². The first-order valence-corrected chi connectivity index (χ1v) is 10.6. The molecule has 0 saturated heterocycles. The lowest BCUT2D eigenvalue weighted by Gasteiger charge is -2.22. The molecule has 3 heterocycles. The van der Waals surface area contributed by atoms with Gasteiger partial charge >= 0.3 is 5.97 Å². The van der Waals surface area contributed by atoms with Gasteiger partial charge in [0, 0.05) is 21.5 Å². The first-order chi connectivity index (χ1) is 14.5. The van der Waals surface area contributed by atoms with Crippen LogP contribution in [0.25, 0.3) is 21.5 Å². The maximum atomic E-state index is 13.1. The van der Waals surface area contributed by atoms with Gasteiger partial charge in [-0.2, -0.15) is 0 Å². The number of halogens is 1. The van der Waals surface area contributed by atoms with E-state index in [0.29, 0.717) is 16.0 Å². The zero-order valence-electron chi connectivity index (χ0n) is 15.3. The van der Waals surface area contributed by atoms with Gasteiger partial charge in [-0.1, -0.05) is 57.6 Å². The minimum absolute atomic E-state index is 0.0471. The summed E-state index contributed by atoms with van der Waals surface area (Å²) in [5, 5.41) is 0.823. The van der Waals surface area contributed by atoms with Crippen LogP contribution in [0.5, 0.6) is 5.88 Å². The molecule has 0 saturated carbocycles. The molecular weight excluding hydrogens is 470 g/mol. The molecule has 0 fully saturated rings. The van der Waals surface area contributed by atoms with Crippen molar-refractivity contribution in [3.63, 3.8) is 0 Å². The van der Waals surface area contributed by atoms with E-state index in [9.17, 15) is 14.4 Å². The third-order valence-corrected chi connectivity index (χ3v) is 6.35. The summed E-state index contributed by atoms with van der Waals surface area (Å²) < 4.78 is 11.4. The second-order valence-electron chi connectivity index (χ2n) is 6.78. The molecule has 1 aliphatic heterocycles. The van der Waals surface area contributed by atoms with E-state index in [2.05, 4.69) is 20.9 Å². The highest BCUT2D eigenvalue weighted by atomic mass is 79.9. The standard InChI is InChI=1S/C22H12BrNO5S/c23-12-6-7-13-16(8-12)28-10-15(19(13)26)14-9-17(25)29-20-18(14)22(27)30-21(24-20)11-4-2-1-3-5-11/h1-8,10,14H,9H2. The van der Waals surface area contributed by atoms with E-state index in [1.807, 2.05) is 30.3 Å². The van der Waals surface area contributed by atoms with Gasteiger partial charge in [0.05, 0.1) is 23.6 Å². The van der Waals surface area contributed by atoms with Crippen molar-refractivity contribution in [1.82, 2.24) is 4.98 Å². The summed E-state index contributed by atoms with van der Waals surface area (Å²) in [4.78, 5) is 42.8. The molecule has 0 radical (unpaired) electrons. The number of ether oxygens (including phenoxy) is 1. The summed E-state index contributed by atoms with van der Waals surface area (Å²) in [6, 6.07) is 14.2. The third-order valence-electron chi connectivity index (χ3n) is 4.93. The van der Waals surface area contributed by atoms with Crippen LogP contribution in [-0.2, 0) is 4.79 Å². The van der Waals surface area contributed by atoms with Crippen molar-refractivity contribution in [1.29, 1.82) is 0 Å². The number of benzene rings is 2. The number of hydrogen-bond donors (Lipinski definition) is 0. The second-order valence-corrected chi connectivity index (χ2v) is 8.66. The minimum atomic E-state index is -0.772. The number of nitrogens with zero attached hydrogens (tertiary/aromatic N) is 1. The number of fused-ring (bicyclic) bond motifs is 2. The number of hydrogen-bond acceptors (Lipinski definition) is 7. The Morgan fingerprint density at radius 2 is 1.87 bits per heavy atom. The Labute approximate surface area is 181 Å². The number of carbonyl (C=O) groups is 1. The van der Waals surface area contributed by atoms with Crippen LogP contribution in [0.15, 0.2) is 73.3 Å². The summed E-state index contributed by atoms with van der Waals surface area (Å²) in [7, 11) is 0. The smallest absolute Gasteiger partial charge is 0.313 e. The minimum Gasteiger partial charge on any atom is -0.464 e. The van der Waals surface area contributed by atoms with Gasteiger partial charge in [-0.05, 0) is 18.2 Å². The number of aromatic nitrogens is 1. The van der Waals surface area contributed by atoms with E-state index < -0.39 is 11.9 Å². The quantitative estimate of drug-likeness (QED) is 0.392. The molecule has 0 spiro atoms. The highest BCUT2D eigenvalue weighted by molar-refractivity contribution is 9.10. The highest BCUT2D eigenvalue weighted by Crippen LogP contribution is 2.37. The molecule has 1 unspecified atom stereocenters. The van der Waals surface area contributed by atoms with Crippen molar-refractivity contribution in [2.45, 2.75) is 12.3 Å². The largest absolute Gasteiger partial charge is 0.464 e. The monoisotopic (exact) mass is 481 g/mol. The Hall–Kier alpha value is -3.10. The predicted octanol–water partition coefficient (Wildman–Crippen LogP) is 4.48. The fourth-order valence-electron chi connectivity index (χ4n) is 3.52. The number of rotatable bonds is 2. The summed E-state index contributed by atoms with van der Waals surface area (Å²) in [6.45, 7) is 0. The fraction of sp³-hybridized carbons (Fsp3) is 0.0909. The molecular formula is C22H12BrNO5S. The first-order valence-electron chi connectivity index (χ1n) is 9.03. The van der Waals surface area contributed by atoms with Crippen LogP contribution in [0.1, 0.15) is 23.5 Å². The summed E-state index contributed by atoms with van der Waals surface area (Å²) in [5.41, 5.74) is 1.33. The number of esters is 1. The topological polar surface area (TPSA) is 86.5 Å². The Morgan fingerprint density at radius 1 is 1.07 bits per heavy atom. The lowest BCUT2D eigenvalue weighted by atomic mass is 9.89. The van der Waals surface area contributed by atoms with Crippen LogP contribution in [0.2, 0.25) is 0 Å². The Kier molecular flexibility index (Phi) is 4.60. The van der Waals surface area contributed by atoms with Gasteiger partial charge in [-0.25, -0.2) is 4.98 Å². The Bertz CT molecular complexity index is 1430. The summed E-state index contributed by atoms with van der Waals surface area (Å²) in [5.74, 6) is -1.37. The molecule has 0 bridgehead atoms. The maximum Gasteiger partial charge on any atom is 0.313 e. The zero-order valence-corrected chi connectivity index (χ0v) is 17.7. The molecule has 2 aromatic carbocycles. The average molecular weight is 482 g/mol. The fourth-order valence-corrected chi connectivity index (χ4v) is 4.76. The van der Waals surface area contributed by atoms with Crippen LogP contribution in [-0.4, -0.2) is 11.0 Å². The van der Waals surface area contributed by atoms with Crippen LogP contribution in [0.3, 0.4) is 0 Å². The molecule has 2 aromatic heterocycles. The Morgan fingerprint density at radius 3 is 2.67 bits per heavy atom. The van der Waals surface area contributed by atoms with E-state index in [-0.39, 0.29) is 33.6 Å². The van der Waals surface area contributed by atoms with E-state index in [4.69, 9.17) is 9.15 Å². The van der Waals surface area contributed by atoms with Crippen molar-refractivity contribution >= 4 is 44.2 Å². The van der Waals surface area contributed by atoms with Crippen LogP contribution in [0.4, 0.5) is 0 Å². The molecule has 5 rings (SSSR count). The molecule has 6 nitrogen and oxygen atoms in total. The predicted molar refractivity (Wildman–Crippen MR) is 116 cm³/mol. The van der Waals surface area contributed by atoms with Crippen molar-refractivity contribution < 1.29 is 13.9 Å². The lowest BCUT2D eigenvalue weighted by molar-refractivity contribution is -0.135. The van der Waals surface area contributed by atoms with Gasteiger partial charge in [0.15, 0.2) is 5.43 Å². The highest BCUT2D eigenvalue weighted by Gasteiger charge is 2.35. The third kappa shape index (κ3) is 3.18. The van der Waals surface area contributed by atoms with Gasteiger partial charge in [-0.15, -0.1) is 0 Å². The molecule has 8 heteroatoms. The molecule has 4 aromatic rings. The first kappa shape index (κ1) is 18.9. The van der Waals surface area contributed by atoms with Crippen molar-refractivity contribution in [2.24, 2.45) is 0 Å². The molecule has 30 heavy (non-hydrogen) atoms. The van der Waals surface area contributed by atoms with Gasteiger partial charge in [0.1, 0.15) is 10.6 Å². The van der Waals surface area contributed by atoms with E-state index >= 15 is 0 Å².